The summed E-state index contributed by atoms with van der Waals surface area (Å²) in [6.07, 6.45) is 3.95. The summed E-state index contributed by atoms with van der Waals surface area (Å²) in [5.41, 5.74) is 2.60. The van der Waals surface area contributed by atoms with Crippen LogP contribution in [-0.4, -0.2) is 41.9 Å². The summed E-state index contributed by atoms with van der Waals surface area (Å²) in [4.78, 5) is 44.7. The highest BCUT2D eigenvalue weighted by Gasteiger charge is 2.40. The topological polar surface area (TPSA) is 89.6 Å². The molecule has 4 aromatic rings. The normalized spacial score (nSPS) is 14.3. The highest BCUT2D eigenvalue weighted by atomic mass is 79.9. The summed E-state index contributed by atoms with van der Waals surface area (Å²) >= 11 is 3.41. The van der Waals surface area contributed by atoms with Crippen LogP contribution < -0.4 is 5.56 Å². The zero-order valence-electron chi connectivity index (χ0n) is 18.7. The van der Waals surface area contributed by atoms with Gasteiger partial charge in [0.25, 0.3) is 17.4 Å². The van der Waals surface area contributed by atoms with Crippen LogP contribution in [-0.2, 0) is 6.54 Å². The predicted molar refractivity (Wildman–Crippen MR) is 131 cm³/mol. The van der Waals surface area contributed by atoms with Crippen molar-refractivity contribution in [1.29, 1.82) is 0 Å². The first-order valence-corrected chi connectivity index (χ1v) is 11.8. The van der Waals surface area contributed by atoms with Gasteiger partial charge in [0.1, 0.15) is 4.60 Å². The van der Waals surface area contributed by atoms with Crippen LogP contribution >= 0.6 is 15.9 Å². The van der Waals surface area contributed by atoms with Crippen LogP contribution in [0.3, 0.4) is 0 Å². The van der Waals surface area contributed by atoms with Crippen molar-refractivity contribution in [1.82, 2.24) is 24.1 Å². The molecule has 5 rings (SSSR count). The fraction of sp³-hybridized carbons (Fsp3) is 0.240. The number of amides is 2. The second-order valence-electron chi connectivity index (χ2n) is 8.78. The summed E-state index contributed by atoms with van der Waals surface area (Å²) in [5, 5.41) is 4.54. The van der Waals surface area contributed by atoms with E-state index in [1.54, 1.807) is 45.7 Å². The number of imidazole rings is 1. The zero-order valence-corrected chi connectivity index (χ0v) is 20.3. The molecule has 9 heteroatoms. The van der Waals surface area contributed by atoms with Crippen molar-refractivity contribution in [2.24, 2.45) is 5.92 Å². The Morgan fingerprint density at radius 2 is 1.68 bits per heavy atom. The number of aromatic nitrogens is 4. The van der Waals surface area contributed by atoms with Crippen LogP contribution in [0.4, 0.5) is 0 Å². The van der Waals surface area contributed by atoms with Gasteiger partial charge in [-0.1, -0.05) is 26.0 Å². The number of halogens is 1. The molecule has 3 aromatic heterocycles. The maximum Gasteiger partial charge on any atom is 0.261 e. The van der Waals surface area contributed by atoms with Crippen LogP contribution in [0.1, 0.15) is 41.0 Å². The maximum atomic E-state index is 13.1. The van der Waals surface area contributed by atoms with E-state index >= 15 is 0 Å². The number of carbonyl (C=O) groups is 2. The van der Waals surface area contributed by atoms with Crippen molar-refractivity contribution in [2.45, 2.75) is 32.9 Å². The largest absolute Gasteiger partial charge is 0.313 e. The van der Waals surface area contributed by atoms with E-state index in [1.807, 2.05) is 32.0 Å². The highest BCUT2D eigenvalue weighted by molar-refractivity contribution is 9.10. The monoisotopic (exact) mass is 519 g/mol. The lowest BCUT2D eigenvalue weighted by Gasteiger charge is -2.28. The molecule has 1 aromatic carbocycles. The fourth-order valence-electron chi connectivity index (χ4n) is 4.39. The minimum absolute atomic E-state index is 0.224. The Balaban J connectivity index is 1.45. The van der Waals surface area contributed by atoms with Crippen molar-refractivity contribution in [3.63, 3.8) is 0 Å². The quantitative estimate of drug-likeness (QED) is 0.358. The van der Waals surface area contributed by atoms with Gasteiger partial charge in [-0.15, -0.1) is 0 Å². The minimum atomic E-state index is -0.438. The van der Waals surface area contributed by atoms with Crippen LogP contribution in [0.15, 0.2) is 70.3 Å². The SMILES string of the molecule is CC(C)C[C@@H](Cn1ccc(-c2ccc3ncc(Br)n3n2)cc1=O)N1C(=O)c2ccccc2C1=O. The van der Waals surface area contributed by atoms with E-state index in [2.05, 4.69) is 26.0 Å². The standard InChI is InChI=1S/C25H22BrN5O3/c1-15(2)11-17(30-24(33)18-5-3-4-6-19(18)25(30)34)14-29-10-9-16(12-23(29)32)20-7-8-22-27-13-21(26)31(22)28-20/h3-10,12-13,15,17H,11,14H2,1-2H3/t17-/m0/s1. The molecule has 2 amide bonds. The third kappa shape index (κ3) is 3.86. The van der Waals surface area contributed by atoms with Crippen molar-refractivity contribution in [2.75, 3.05) is 0 Å². The van der Waals surface area contributed by atoms with Gasteiger partial charge in [-0.3, -0.25) is 19.3 Å². The first kappa shape index (κ1) is 22.2. The average molecular weight is 520 g/mol. The molecule has 1 atom stereocenters. The van der Waals surface area contributed by atoms with Gasteiger partial charge >= 0.3 is 0 Å². The second-order valence-corrected chi connectivity index (χ2v) is 9.60. The fourth-order valence-corrected chi connectivity index (χ4v) is 4.75. The number of pyridine rings is 1. The van der Waals surface area contributed by atoms with Gasteiger partial charge in [0.2, 0.25) is 0 Å². The number of nitrogens with zero attached hydrogens (tertiary/aromatic N) is 5. The summed E-state index contributed by atoms with van der Waals surface area (Å²) < 4.78 is 3.92. The van der Waals surface area contributed by atoms with Gasteiger partial charge < -0.3 is 4.57 Å². The number of rotatable bonds is 6. The summed E-state index contributed by atoms with van der Waals surface area (Å²) in [6.45, 7) is 4.29. The van der Waals surface area contributed by atoms with E-state index in [1.165, 1.54) is 11.0 Å². The van der Waals surface area contributed by atoms with Gasteiger partial charge in [0, 0.05) is 24.4 Å². The molecule has 1 aliphatic heterocycles. The van der Waals surface area contributed by atoms with Gasteiger partial charge in [-0.2, -0.15) is 5.10 Å². The average Bonchev–Trinajstić information content (AvgIpc) is 3.31. The van der Waals surface area contributed by atoms with Gasteiger partial charge in [0.15, 0.2) is 5.65 Å². The molecule has 0 radical (unpaired) electrons. The van der Waals surface area contributed by atoms with Gasteiger partial charge in [-0.25, -0.2) is 9.50 Å². The first-order chi connectivity index (χ1) is 16.3. The van der Waals surface area contributed by atoms with Crippen LogP contribution in [0.5, 0.6) is 0 Å². The van der Waals surface area contributed by atoms with Gasteiger partial charge in [0.05, 0.1) is 29.1 Å². The van der Waals surface area contributed by atoms with E-state index in [-0.39, 0.29) is 29.8 Å². The van der Waals surface area contributed by atoms with Crippen molar-refractivity contribution < 1.29 is 9.59 Å². The summed E-state index contributed by atoms with van der Waals surface area (Å²) in [5.74, 6) is -0.382. The van der Waals surface area contributed by atoms with Crippen LogP contribution in [0.25, 0.3) is 16.9 Å². The molecule has 1 aliphatic rings. The number of fused-ring (bicyclic) bond motifs is 2. The van der Waals surface area contributed by atoms with E-state index in [0.29, 0.717) is 34.5 Å². The van der Waals surface area contributed by atoms with Crippen LogP contribution in [0, 0.1) is 5.92 Å². The molecular formula is C25H22BrN5O3. The molecule has 0 saturated heterocycles. The molecule has 0 N–H and O–H groups in total. The van der Waals surface area contributed by atoms with E-state index in [9.17, 15) is 14.4 Å². The molecule has 0 saturated carbocycles. The maximum absolute atomic E-state index is 13.1. The molecule has 0 unspecified atom stereocenters. The molecule has 0 fully saturated rings. The lowest BCUT2D eigenvalue weighted by atomic mass is 10.0. The predicted octanol–water partition coefficient (Wildman–Crippen LogP) is 4.03. The lowest BCUT2D eigenvalue weighted by Crippen LogP contribution is -2.44. The molecule has 34 heavy (non-hydrogen) atoms. The van der Waals surface area contributed by atoms with E-state index in [0.717, 1.165) is 4.60 Å². The third-order valence-electron chi connectivity index (χ3n) is 5.95. The molecule has 8 nitrogen and oxygen atoms in total. The highest BCUT2D eigenvalue weighted by Crippen LogP contribution is 2.27. The van der Waals surface area contributed by atoms with Crippen molar-refractivity contribution in [3.05, 3.63) is 87.0 Å². The summed E-state index contributed by atoms with van der Waals surface area (Å²) in [6, 6.07) is 13.4. The zero-order chi connectivity index (χ0) is 24.0. The minimum Gasteiger partial charge on any atom is -0.313 e. The smallest absolute Gasteiger partial charge is 0.261 e. The number of carbonyl (C=O) groups excluding carboxylic acids is 2. The Kier molecular flexibility index (Phi) is 5.65. The third-order valence-corrected chi connectivity index (χ3v) is 6.49. The molecule has 0 bridgehead atoms. The second kappa shape index (κ2) is 8.64. The number of imide groups is 1. The number of hydrogen-bond donors (Lipinski definition) is 0. The lowest BCUT2D eigenvalue weighted by molar-refractivity contribution is 0.0547. The summed E-state index contributed by atoms with van der Waals surface area (Å²) in [7, 11) is 0. The van der Waals surface area contributed by atoms with Crippen molar-refractivity contribution >= 4 is 33.4 Å². The van der Waals surface area contributed by atoms with Crippen molar-refractivity contribution in [3.8, 4) is 11.3 Å². The molecular weight excluding hydrogens is 498 g/mol. The Labute approximate surface area is 204 Å². The van der Waals surface area contributed by atoms with Crippen LogP contribution in [0.2, 0.25) is 0 Å². The molecule has 4 heterocycles. The van der Waals surface area contributed by atoms with E-state index < -0.39 is 6.04 Å². The number of benzene rings is 1. The Bertz CT molecular complexity index is 1450. The van der Waals surface area contributed by atoms with E-state index in [4.69, 9.17) is 0 Å². The Morgan fingerprint density at radius 1 is 0.971 bits per heavy atom. The molecule has 0 aliphatic carbocycles. The molecule has 172 valence electrons. The number of hydrogen-bond acceptors (Lipinski definition) is 5. The Hall–Kier alpha value is -3.59. The Morgan fingerprint density at radius 3 is 2.32 bits per heavy atom. The molecule has 0 spiro atoms. The first-order valence-electron chi connectivity index (χ1n) is 11.0. The van der Waals surface area contributed by atoms with Gasteiger partial charge in [-0.05, 0) is 58.6 Å².